The highest BCUT2D eigenvalue weighted by Crippen LogP contribution is 2.30. The molecule has 1 saturated heterocycles. The Kier molecular flexibility index (Phi) is 6.43. The summed E-state index contributed by atoms with van der Waals surface area (Å²) in [6.45, 7) is 3.75. The first-order valence-corrected chi connectivity index (χ1v) is 11.7. The summed E-state index contributed by atoms with van der Waals surface area (Å²) in [6, 6.07) is 9.96. The molecule has 0 saturated carbocycles. The van der Waals surface area contributed by atoms with Crippen LogP contribution in [0.2, 0.25) is 0 Å². The largest absolute Gasteiger partial charge is 0.376 e. The molecule has 0 spiro atoms. The minimum Gasteiger partial charge on any atom is -0.376 e. The van der Waals surface area contributed by atoms with Gasteiger partial charge in [-0.15, -0.1) is 11.3 Å². The molecule has 4 aromatic rings. The molecular weight excluding hydrogens is 457 g/mol. The van der Waals surface area contributed by atoms with Crippen LogP contribution in [-0.2, 0) is 9.47 Å². The third-order valence-electron chi connectivity index (χ3n) is 5.41. The number of aromatic nitrogens is 4. The van der Waals surface area contributed by atoms with Gasteiger partial charge in [-0.1, -0.05) is 6.07 Å². The van der Waals surface area contributed by atoms with E-state index in [2.05, 4.69) is 15.4 Å². The van der Waals surface area contributed by atoms with Gasteiger partial charge in [0.25, 0.3) is 11.9 Å². The number of aryl methyl sites for hydroxylation is 1. The van der Waals surface area contributed by atoms with Crippen LogP contribution in [0, 0.1) is 12.7 Å². The van der Waals surface area contributed by atoms with E-state index in [0.29, 0.717) is 49.3 Å². The number of rotatable bonds is 6. The van der Waals surface area contributed by atoms with Crippen LogP contribution >= 0.6 is 11.3 Å². The zero-order chi connectivity index (χ0) is 23.5. The summed E-state index contributed by atoms with van der Waals surface area (Å²) in [5, 5.41) is 9.31. The van der Waals surface area contributed by atoms with Crippen molar-refractivity contribution in [2.45, 2.75) is 13.0 Å². The first kappa shape index (κ1) is 22.3. The topological polar surface area (TPSA) is 91.2 Å². The number of hydrogen-bond acceptors (Lipinski definition) is 7. The molecule has 1 aliphatic rings. The monoisotopic (exact) mass is 479 g/mol. The maximum atomic E-state index is 13.4. The Morgan fingerprint density at radius 1 is 1.24 bits per heavy atom. The molecule has 5 rings (SSSR count). The first-order valence-electron chi connectivity index (χ1n) is 10.8. The standard InChI is InChI=1S/C24H22FN5O3S/c1-15-11-27-24(29-21(15)16-4-6-17(25)7-5-16)30-22(20-3-2-10-34-20)19(13-28-30)23(31)26-12-18-14-32-8-9-33-18/h2-7,10-11,13,18H,8-9,12,14H2,1H3,(H,26,31)/t18-/m0/s1. The van der Waals surface area contributed by atoms with Gasteiger partial charge in [0.15, 0.2) is 0 Å². The summed E-state index contributed by atoms with van der Waals surface area (Å²) in [5.41, 5.74) is 3.28. The van der Waals surface area contributed by atoms with Gasteiger partial charge in [-0.2, -0.15) is 9.78 Å². The van der Waals surface area contributed by atoms with Crippen molar-refractivity contribution in [3.05, 3.63) is 71.1 Å². The summed E-state index contributed by atoms with van der Waals surface area (Å²) in [4.78, 5) is 23.1. The van der Waals surface area contributed by atoms with E-state index in [1.165, 1.54) is 29.7 Å². The number of thiophene rings is 1. The second-order valence-corrected chi connectivity index (χ2v) is 8.73. The van der Waals surface area contributed by atoms with Crippen LogP contribution in [0.1, 0.15) is 15.9 Å². The summed E-state index contributed by atoms with van der Waals surface area (Å²) >= 11 is 1.49. The molecule has 34 heavy (non-hydrogen) atoms. The van der Waals surface area contributed by atoms with Crippen molar-refractivity contribution in [3.63, 3.8) is 0 Å². The van der Waals surface area contributed by atoms with Crippen LogP contribution in [0.3, 0.4) is 0 Å². The normalized spacial score (nSPS) is 15.9. The van der Waals surface area contributed by atoms with E-state index in [4.69, 9.17) is 14.5 Å². The lowest BCUT2D eigenvalue weighted by Gasteiger charge is -2.23. The number of nitrogens with zero attached hydrogens (tertiary/aromatic N) is 4. The Labute approximate surface area is 199 Å². The highest BCUT2D eigenvalue weighted by Gasteiger charge is 2.24. The molecule has 4 heterocycles. The number of carbonyl (C=O) groups excluding carboxylic acids is 1. The van der Waals surface area contributed by atoms with Gasteiger partial charge < -0.3 is 14.8 Å². The van der Waals surface area contributed by atoms with Crippen LogP contribution in [0.4, 0.5) is 4.39 Å². The highest BCUT2D eigenvalue weighted by molar-refractivity contribution is 7.13. The number of benzene rings is 1. The van der Waals surface area contributed by atoms with E-state index in [1.807, 2.05) is 24.4 Å². The molecule has 1 fully saturated rings. The maximum Gasteiger partial charge on any atom is 0.255 e. The predicted octanol–water partition coefficient (Wildman–Crippen LogP) is 3.65. The summed E-state index contributed by atoms with van der Waals surface area (Å²) in [6.07, 6.45) is 3.03. The molecule has 1 atom stereocenters. The number of hydrogen-bond donors (Lipinski definition) is 1. The molecule has 8 nitrogen and oxygen atoms in total. The van der Waals surface area contributed by atoms with E-state index >= 15 is 0 Å². The number of amides is 1. The van der Waals surface area contributed by atoms with Gasteiger partial charge in [-0.05, 0) is 48.2 Å². The molecule has 174 valence electrons. The maximum absolute atomic E-state index is 13.4. The predicted molar refractivity (Wildman–Crippen MR) is 125 cm³/mol. The van der Waals surface area contributed by atoms with Crippen LogP contribution in [0.25, 0.3) is 27.8 Å². The quantitative estimate of drug-likeness (QED) is 0.454. The zero-order valence-electron chi connectivity index (χ0n) is 18.4. The molecule has 1 amide bonds. The molecule has 3 aromatic heterocycles. The smallest absolute Gasteiger partial charge is 0.255 e. The van der Waals surface area contributed by atoms with E-state index < -0.39 is 0 Å². The fourth-order valence-electron chi connectivity index (χ4n) is 3.71. The van der Waals surface area contributed by atoms with Crippen LogP contribution in [-0.4, -0.2) is 58.1 Å². The number of nitrogens with one attached hydrogen (secondary N) is 1. The average molecular weight is 480 g/mol. The number of halogens is 1. The van der Waals surface area contributed by atoms with Gasteiger partial charge in [0.2, 0.25) is 0 Å². The van der Waals surface area contributed by atoms with Crippen molar-refractivity contribution in [1.82, 2.24) is 25.1 Å². The van der Waals surface area contributed by atoms with Crippen molar-refractivity contribution in [3.8, 4) is 27.8 Å². The number of ether oxygens (including phenoxy) is 2. The Hall–Kier alpha value is -3.47. The zero-order valence-corrected chi connectivity index (χ0v) is 19.2. The summed E-state index contributed by atoms with van der Waals surface area (Å²) in [7, 11) is 0. The van der Waals surface area contributed by atoms with Crippen molar-refractivity contribution in [1.29, 1.82) is 0 Å². The SMILES string of the molecule is Cc1cnc(-n2ncc(C(=O)NC[C@H]3COCCO3)c2-c2cccs2)nc1-c1ccc(F)cc1. The minimum absolute atomic E-state index is 0.184. The highest BCUT2D eigenvalue weighted by atomic mass is 32.1. The van der Waals surface area contributed by atoms with Crippen LogP contribution in [0.5, 0.6) is 0 Å². The summed E-state index contributed by atoms with van der Waals surface area (Å²) in [5.74, 6) is -0.269. The lowest BCUT2D eigenvalue weighted by atomic mass is 10.1. The van der Waals surface area contributed by atoms with Gasteiger partial charge >= 0.3 is 0 Å². The van der Waals surface area contributed by atoms with E-state index in [9.17, 15) is 9.18 Å². The van der Waals surface area contributed by atoms with Gasteiger partial charge in [0.05, 0.1) is 48.3 Å². The van der Waals surface area contributed by atoms with E-state index in [0.717, 1.165) is 16.0 Å². The lowest BCUT2D eigenvalue weighted by molar-refractivity contribution is -0.0855. The van der Waals surface area contributed by atoms with Crippen molar-refractivity contribution >= 4 is 17.2 Å². The van der Waals surface area contributed by atoms with Crippen LogP contribution in [0.15, 0.2) is 54.2 Å². The fraction of sp³-hybridized carbons (Fsp3) is 0.250. The average Bonchev–Trinajstić information content (AvgIpc) is 3.54. The fourth-order valence-corrected chi connectivity index (χ4v) is 4.48. The van der Waals surface area contributed by atoms with Gasteiger partial charge in [0.1, 0.15) is 11.5 Å². The van der Waals surface area contributed by atoms with Crippen LogP contribution < -0.4 is 5.32 Å². The molecule has 0 bridgehead atoms. The molecular formula is C24H22FN5O3S. The Bertz CT molecular complexity index is 1280. The van der Waals surface area contributed by atoms with Crippen molar-refractivity contribution in [2.24, 2.45) is 0 Å². The second-order valence-electron chi connectivity index (χ2n) is 7.78. The molecule has 0 radical (unpaired) electrons. The minimum atomic E-state index is -0.316. The molecule has 0 unspecified atom stereocenters. The molecule has 1 N–H and O–H groups in total. The molecule has 1 aliphatic heterocycles. The Balaban J connectivity index is 1.50. The second kappa shape index (κ2) is 9.80. The van der Waals surface area contributed by atoms with E-state index in [-0.39, 0.29) is 17.8 Å². The Morgan fingerprint density at radius 2 is 2.09 bits per heavy atom. The number of carbonyl (C=O) groups is 1. The molecule has 0 aliphatic carbocycles. The molecule has 1 aromatic carbocycles. The van der Waals surface area contributed by atoms with Gasteiger partial charge in [-0.25, -0.2) is 14.4 Å². The van der Waals surface area contributed by atoms with Gasteiger partial charge in [0, 0.05) is 18.3 Å². The van der Waals surface area contributed by atoms with Crippen molar-refractivity contribution in [2.75, 3.05) is 26.4 Å². The third kappa shape index (κ3) is 4.60. The third-order valence-corrected chi connectivity index (χ3v) is 6.29. The lowest BCUT2D eigenvalue weighted by Crippen LogP contribution is -2.39. The first-order chi connectivity index (χ1) is 16.6. The van der Waals surface area contributed by atoms with Gasteiger partial charge in [-0.3, -0.25) is 4.79 Å². The van der Waals surface area contributed by atoms with Crippen molar-refractivity contribution < 1.29 is 18.7 Å². The summed E-state index contributed by atoms with van der Waals surface area (Å²) < 4.78 is 26.0. The Morgan fingerprint density at radius 3 is 2.82 bits per heavy atom. The molecule has 10 heteroatoms. The van der Waals surface area contributed by atoms with E-state index in [1.54, 1.807) is 23.0 Å².